The highest BCUT2D eigenvalue weighted by Crippen LogP contribution is 2.41. The van der Waals surface area contributed by atoms with Crippen LogP contribution in [-0.4, -0.2) is 20.1 Å². The first-order chi connectivity index (χ1) is 16.3. The van der Waals surface area contributed by atoms with Crippen LogP contribution in [0, 0.1) is 20.8 Å². The van der Waals surface area contributed by atoms with Gasteiger partial charge in [0.2, 0.25) is 5.91 Å². The third kappa shape index (κ3) is 4.42. The number of fused-ring (bicyclic) bond motifs is 1. The van der Waals surface area contributed by atoms with Crippen molar-refractivity contribution >= 4 is 28.1 Å². The van der Waals surface area contributed by atoms with Gasteiger partial charge in [-0.15, -0.1) is 0 Å². The molecule has 5 heteroatoms. The molecule has 0 saturated carbocycles. The van der Waals surface area contributed by atoms with E-state index in [-0.39, 0.29) is 5.91 Å². The third-order valence-electron chi connectivity index (χ3n) is 6.18. The monoisotopic (exact) mass is 455 g/mol. The van der Waals surface area contributed by atoms with Crippen molar-refractivity contribution in [3.63, 3.8) is 0 Å². The molecule has 1 amide bonds. The van der Waals surface area contributed by atoms with Crippen molar-refractivity contribution < 1.29 is 18.7 Å². The summed E-state index contributed by atoms with van der Waals surface area (Å²) in [6.07, 6.45) is 3.35. The zero-order chi connectivity index (χ0) is 24.4. The van der Waals surface area contributed by atoms with Crippen molar-refractivity contribution in [3.8, 4) is 22.6 Å². The molecular formula is C29H29NO4. The van der Waals surface area contributed by atoms with Gasteiger partial charge in [-0.3, -0.25) is 4.79 Å². The maximum absolute atomic E-state index is 12.8. The molecule has 0 spiro atoms. The van der Waals surface area contributed by atoms with Crippen molar-refractivity contribution in [2.24, 2.45) is 0 Å². The van der Waals surface area contributed by atoms with Gasteiger partial charge in [0, 0.05) is 33.8 Å². The Morgan fingerprint density at radius 3 is 2.47 bits per heavy atom. The Kier molecular flexibility index (Phi) is 6.46. The largest absolute Gasteiger partial charge is 0.497 e. The van der Waals surface area contributed by atoms with Gasteiger partial charge in [-0.05, 0) is 80.3 Å². The Labute approximate surface area is 200 Å². The van der Waals surface area contributed by atoms with Gasteiger partial charge in [-0.1, -0.05) is 18.2 Å². The number of carbonyl (C=O) groups excluding carboxylic acids is 1. The minimum Gasteiger partial charge on any atom is -0.497 e. The summed E-state index contributed by atoms with van der Waals surface area (Å²) < 4.78 is 17.1. The molecule has 0 aliphatic heterocycles. The number of carbonyl (C=O) groups is 1. The minimum atomic E-state index is -0.194. The first kappa shape index (κ1) is 23.2. The molecule has 0 fully saturated rings. The summed E-state index contributed by atoms with van der Waals surface area (Å²) in [7, 11) is 3.28. The van der Waals surface area contributed by atoms with Crippen molar-refractivity contribution in [2.45, 2.75) is 27.7 Å². The van der Waals surface area contributed by atoms with E-state index in [1.807, 2.05) is 76.2 Å². The molecule has 3 aromatic carbocycles. The fraction of sp³-hybridized carbons (Fsp3) is 0.207. The molecule has 0 aliphatic carbocycles. The maximum atomic E-state index is 12.8. The molecule has 0 radical (unpaired) electrons. The first-order valence-electron chi connectivity index (χ1n) is 11.1. The fourth-order valence-electron chi connectivity index (χ4n) is 4.16. The Morgan fingerprint density at radius 2 is 1.76 bits per heavy atom. The molecule has 0 bridgehead atoms. The smallest absolute Gasteiger partial charge is 0.248 e. The zero-order valence-corrected chi connectivity index (χ0v) is 20.4. The molecule has 34 heavy (non-hydrogen) atoms. The lowest BCUT2D eigenvalue weighted by Gasteiger charge is -2.13. The summed E-state index contributed by atoms with van der Waals surface area (Å²) in [5.74, 6) is 1.27. The van der Waals surface area contributed by atoms with Crippen LogP contribution in [0.15, 0.2) is 65.3 Å². The number of benzene rings is 3. The van der Waals surface area contributed by atoms with Gasteiger partial charge in [-0.2, -0.15) is 0 Å². The summed E-state index contributed by atoms with van der Waals surface area (Å²) in [6.45, 7) is 7.95. The van der Waals surface area contributed by atoms with Crippen molar-refractivity contribution in [3.05, 3.63) is 83.1 Å². The molecule has 4 rings (SSSR count). The van der Waals surface area contributed by atoms with E-state index >= 15 is 0 Å². The third-order valence-corrected chi connectivity index (χ3v) is 6.18. The lowest BCUT2D eigenvalue weighted by Crippen LogP contribution is -2.09. The van der Waals surface area contributed by atoms with E-state index in [2.05, 4.69) is 5.32 Å². The Bertz CT molecular complexity index is 1410. The van der Waals surface area contributed by atoms with Gasteiger partial charge in [0.1, 0.15) is 17.1 Å². The minimum absolute atomic E-state index is 0.194. The summed E-state index contributed by atoms with van der Waals surface area (Å²) in [4.78, 5) is 12.8. The number of allylic oxidation sites excluding steroid dienone is 1. The highest BCUT2D eigenvalue weighted by atomic mass is 16.5. The molecule has 1 heterocycles. The van der Waals surface area contributed by atoms with E-state index in [0.717, 1.165) is 55.8 Å². The van der Waals surface area contributed by atoms with E-state index < -0.39 is 0 Å². The Hall–Kier alpha value is -3.99. The van der Waals surface area contributed by atoms with Gasteiger partial charge in [0.25, 0.3) is 0 Å². The number of ether oxygens (including phenoxy) is 2. The molecule has 174 valence electrons. The molecular weight excluding hydrogens is 426 g/mol. The lowest BCUT2D eigenvalue weighted by molar-refractivity contribution is -0.111. The molecule has 0 aliphatic rings. The van der Waals surface area contributed by atoms with E-state index in [9.17, 15) is 4.79 Å². The molecule has 0 atom stereocenters. The van der Waals surface area contributed by atoms with Gasteiger partial charge in [0.15, 0.2) is 0 Å². The van der Waals surface area contributed by atoms with Crippen LogP contribution in [0.3, 0.4) is 0 Å². The number of aryl methyl sites for hydroxylation is 3. The van der Waals surface area contributed by atoms with Crippen LogP contribution in [0.4, 0.5) is 5.69 Å². The fourth-order valence-corrected chi connectivity index (χ4v) is 4.16. The number of nitrogens with one attached hydrogen (secondary N) is 1. The summed E-state index contributed by atoms with van der Waals surface area (Å²) >= 11 is 0. The van der Waals surface area contributed by atoms with Crippen LogP contribution in [0.2, 0.25) is 0 Å². The second-order valence-electron chi connectivity index (χ2n) is 8.46. The van der Waals surface area contributed by atoms with E-state index in [4.69, 9.17) is 13.9 Å². The second-order valence-corrected chi connectivity index (χ2v) is 8.46. The Balaban J connectivity index is 1.75. The first-order valence-corrected chi connectivity index (χ1v) is 11.1. The summed E-state index contributed by atoms with van der Waals surface area (Å²) in [5.41, 5.74) is 8.30. The van der Waals surface area contributed by atoms with Crippen LogP contribution in [0.25, 0.3) is 27.7 Å². The van der Waals surface area contributed by atoms with Gasteiger partial charge < -0.3 is 19.2 Å². The SMILES string of the molecule is COc1cccc(-c2coc3c(C)c(OC)c(/C(C)=C/C(=O)Nc4ccc(C)c(C)c4)cc23)c1. The number of amides is 1. The lowest BCUT2D eigenvalue weighted by atomic mass is 9.96. The highest BCUT2D eigenvalue weighted by Gasteiger charge is 2.19. The summed E-state index contributed by atoms with van der Waals surface area (Å²) in [5, 5.41) is 3.90. The van der Waals surface area contributed by atoms with Crippen molar-refractivity contribution in [2.75, 3.05) is 19.5 Å². The van der Waals surface area contributed by atoms with Crippen LogP contribution in [0.1, 0.15) is 29.2 Å². The number of methoxy groups -OCH3 is 2. The van der Waals surface area contributed by atoms with Crippen LogP contribution in [-0.2, 0) is 4.79 Å². The van der Waals surface area contributed by atoms with Crippen LogP contribution in [0.5, 0.6) is 11.5 Å². The number of hydrogen-bond acceptors (Lipinski definition) is 4. The van der Waals surface area contributed by atoms with Crippen LogP contribution >= 0.6 is 0 Å². The average molecular weight is 456 g/mol. The van der Waals surface area contributed by atoms with Gasteiger partial charge >= 0.3 is 0 Å². The van der Waals surface area contributed by atoms with Crippen molar-refractivity contribution in [1.82, 2.24) is 0 Å². The molecule has 0 saturated heterocycles. The topological polar surface area (TPSA) is 60.7 Å². The highest BCUT2D eigenvalue weighted by molar-refractivity contribution is 6.06. The number of hydrogen-bond donors (Lipinski definition) is 1. The Morgan fingerprint density at radius 1 is 0.971 bits per heavy atom. The molecule has 5 nitrogen and oxygen atoms in total. The van der Waals surface area contributed by atoms with Gasteiger partial charge in [0.05, 0.1) is 20.5 Å². The second kappa shape index (κ2) is 9.48. The van der Waals surface area contributed by atoms with E-state index in [1.54, 1.807) is 26.6 Å². The quantitative estimate of drug-likeness (QED) is 0.316. The zero-order valence-electron chi connectivity index (χ0n) is 20.4. The van der Waals surface area contributed by atoms with Crippen molar-refractivity contribution in [1.29, 1.82) is 0 Å². The predicted octanol–water partition coefficient (Wildman–Crippen LogP) is 7.08. The van der Waals surface area contributed by atoms with E-state index in [0.29, 0.717) is 5.75 Å². The predicted molar refractivity (Wildman–Crippen MR) is 138 cm³/mol. The van der Waals surface area contributed by atoms with Gasteiger partial charge in [-0.25, -0.2) is 0 Å². The number of rotatable bonds is 6. The standard InChI is InChI=1S/C29H29NO4/c1-17-10-11-22(12-18(17)2)30-27(31)13-19(3)24-15-25-26(21-8-7-9-23(14-21)32-5)16-34-29(25)20(4)28(24)33-6/h7-16H,1-6H3,(H,30,31)/b19-13+. The molecule has 0 unspecified atom stereocenters. The molecule has 1 aromatic heterocycles. The number of anilines is 1. The normalized spacial score (nSPS) is 11.5. The van der Waals surface area contributed by atoms with Crippen LogP contribution < -0.4 is 14.8 Å². The van der Waals surface area contributed by atoms with E-state index in [1.165, 1.54) is 5.56 Å². The molecule has 1 N–H and O–H groups in total. The average Bonchev–Trinajstić information content (AvgIpc) is 3.25. The summed E-state index contributed by atoms with van der Waals surface area (Å²) in [6, 6.07) is 15.8. The maximum Gasteiger partial charge on any atom is 0.248 e. The molecule has 4 aromatic rings. The number of furan rings is 1.